The van der Waals surface area contributed by atoms with Crippen LogP contribution in [0.3, 0.4) is 0 Å². The number of hydrogen-bond donors (Lipinski definition) is 0. The number of benzene rings is 5. The summed E-state index contributed by atoms with van der Waals surface area (Å²) >= 11 is 0. The monoisotopic (exact) mass is 760 g/mol. The lowest BCUT2D eigenvalue weighted by molar-refractivity contribution is -0.645. The van der Waals surface area contributed by atoms with Crippen LogP contribution in [0.2, 0.25) is 0 Å². The molecule has 0 unspecified atom stereocenters. The van der Waals surface area contributed by atoms with E-state index >= 15 is 0 Å². The van der Waals surface area contributed by atoms with Gasteiger partial charge in [-0.25, -0.2) is 24.5 Å². The van der Waals surface area contributed by atoms with Gasteiger partial charge in [0.2, 0.25) is 6.33 Å². The highest BCUT2D eigenvalue weighted by atomic mass is 15.1. The molecule has 5 aromatic carbocycles. The zero-order valence-electron chi connectivity index (χ0n) is 35.2. The van der Waals surface area contributed by atoms with E-state index in [-0.39, 0.29) is 10.8 Å². The van der Waals surface area contributed by atoms with Crippen LogP contribution in [0.25, 0.3) is 78.5 Å². The molecule has 7 heteroatoms. The van der Waals surface area contributed by atoms with E-state index in [1.807, 2.05) is 6.20 Å². The maximum atomic E-state index is 5.35. The summed E-state index contributed by atoms with van der Waals surface area (Å²) in [5.41, 5.74) is 14.1. The molecule has 0 aliphatic heterocycles. The molecule has 0 atom stereocenters. The van der Waals surface area contributed by atoms with Crippen molar-refractivity contribution in [3.8, 4) is 45.7 Å². The van der Waals surface area contributed by atoms with Gasteiger partial charge in [0.05, 0.1) is 18.1 Å². The van der Waals surface area contributed by atoms with Crippen LogP contribution >= 0.6 is 0 Å². The van der Waals surface area contributed by atoms with Crippen molar-refractivity contribution in [2.45, 2.75) is 73.1 Å². The maximum absolute atomic E-state index is 5.35. The first-order valence-corrected chi connectivity index (χ1v) is 20.1. The molecule has 288 valence electrons. The van der Waals surface area contributed by atoms with E-state index in [0.717, 1.165) is 66.8 Å². The van der Waals surface area contributed by atoms with Gasteiger partial charge in [-0.3, -0.25) is 4.57 Å². The van der Waals surface area contributed by atoms with Crippen LogP contribution in [-0.4, -0.2) is 29.1 Å². The summed E-state index contributed by atoms with van der Waals surface area (Å²) in [6.45, 7) is 19.9. The summed E-state index contributed by atoms with van der Waals surface area (Å²) in [4.78, 5) is 20.9. The Hall–Kier alpha value is -6.47. The van der Waals surface area contributed by atoms with Crippen LogP contribution < -0.4 is 4.57 Å². The first-order chi connectivity index (χ1) is 27.6. The number of para-hydroxylation sites is 3. The van der Waals surface area contributed by atoms with E-state index in [4.69, 9.17) is 19.9 Å². The molecular formula is C51H50N7+. The summed E-state index contributed by atoms with van der Waals surface area (Å²) in [6.07, 6.45) is 4.08. The zero-order valence-corrected chi connectivity index (χ0v) is 35.2. The molecule has 9 rings (SSSR count). The summed E-state index contributed by atoms with van der Waals surface area (Å²) in [7, 11) is 2.09. The standard InChI is InChI=1S/C51H50N7/c1-31-23-32(2)46(33(3)24-31)49-54-47(34-19-20-40-39-15-11-12-16-41(39)58(44(40)27-34)45-29-36(21-22-52-45)50(4,5)6)53-48(55-49)35-25-37(51(7,8)9)28-38(26-35)57-30-56(10)42-17-13-14-18-43(42)57/h11-30H,1-10H3/q+1. The molecule has 0 amide bonds. The minimum atomic E-state index is -0.129. The van der Waals surface area contributed by atoms with Crippen LogP contribution in [0.5, 0.6) is 0 Å². The fourth-order valence-corrected chi connectivity index (χ4v) is 8.42. The Morgan fingerprint density at radius 2 is 1.19 bits per heavy atom. The van der Waals surface area contributed by atoms with Crippen molar-refractivity contribution in [3.05, 3.63) is 150 Å². The molecular weight excluding hydrogens is 711 g/mol. The number of imidazole rings is 1. The van der Waals surface area contributed by atoms with Gasteiger partial charge in [-0.05, 0) is 108 Å². The Bertz CT molecular complexity index is 3050. The van der Waals surface area contributed by atoms with Crippen molar-refractivity contribution in [1.82, 2.24) is 29.1 Å². The number of aryl methyl sites for hydroxylation is 4. The molecule has 0 aliphatic rings. The molecule has 7 nitrogen and oxygen atoms in total. The summed E-state index contributed by atoms with van der Waals surface area (Å²) < 4.78 is 6.72. The maximum Gasteiger partial charge on any atom is 0.249 e. The fraction of sp³-hybridized carbons (Fsp3) is 0.235. The van der Waals surface area contributed by atoms with Gasteiger partial charge in [0.25, 0.3) is 0 Å². The van der Waals surface area contributed by atoms with Gasteiger partial charge in [-0.1, -0.05) is 102 Å². The van der Waals surface area contributed by atoms with Crippen molar-refractivity contribution >= 4 is 32.8 Å². The van der Waals surface area contributed by atoms with Gasteiger partial charge in [-0.15, -0.1) is 0 Å². The lowest BCUT2D eigenvalue weighted by atomic mass is 9.85. The normalized spacial score (nSPS) is 12.3. The van der Waals surface area contributed by atoms with E-state index in [1.54, 1.807) is 0 Å². The third-order valence-corrected chi connectivity index (χ3v) is 11.4. The Balaban J connectivity index is 1.31. The topological polar surface area (TPSA) is 65.3 Å². The minimum Gasteiger partial charge on any atom is -0.294 e. The van der Waals surface area contributed by atoms with Crippen molar-refractivity contribution in [3.63, 3.8) is 0 Å². The second-order valence-electron chi connectivity index (χ2n) is 17.9. The third kappa shape index (κ3) is 6.45. The molecule has 0 radical (unpaired) electrons. The van der Waals surface area contributed by atoms with Gasteiger partial charge >= 0.3 is 0 Å². The van der Waals surface area contributed by atoms with E-state index in [2.05, 4.69) is 199 Å². The molecule has 0 spiro atoms. The summed E-state index contributed by atoms with van der Waals surface area (Å²) in [5, 5.41) is 2.32. The number of rotatable bonds is 5. The van der Waals surface area contributed by atoms with Crippen LogP contribution in [-0.2, 0) is 17.9 Å². The summed E-state index contributed by atoms with van der Waals surface area (Å²) in [5.74, 6) is 2.80. The molecule has 0 bridgehead atoms. The number of hydrogen-bond acceptors (Lipinski definition) is 4. The molecule has 0 N–H and O–H groups in total. The molecule has 4 aromatic heterocycles. The van der Waals surface area contributed by atoms with Crippen molar-refractivity contribution in [2.24, 2.45) is 7.05 Å². The molecule has 58 heavy (non-hydrogen) atoms. The number of aromatic nitrogens is 7. The Kier molecular flexibility index (Phi) is 8.69. The van der Waals surface area contributed by atoms with Gasteiger partial charge in [0.1, 0.15) is 11.5 Å². The fourth-order valence-electron chi connectivity index (χ4n) is 8.42. The molecule has 0 aliphatic carbocycles. The van der Waals surface area contributed by atoms with Crippen LogP contribution in [0.1, 0.15) is 69.4 Å². The number of nitrogens with zero attached hydrogens (tertiary/aromatic N) is 7. The van der Waals surface area contributed by atoms with E-state index in [0.29, 0.717) is 17.5 Å². The average Bonchev–Trinajstić information content (AvgIpc) is 3.71. The lowest BCUT2D eigenvalue weighted by Gasteiger charge is -2.21. The minimum absolute atomic E-state index is 0.0260. The Morgan fingerprint density at radius 1 is 0.552 bits per heavy atom. The van der Waals surface area contributed by atoms with E-state index < -0.39 is 0 Å². The smallest absolute Gasteiger partial charge is 0.249 e. The second-order valence-corrected chi connectivity index (χ2v) is 17.9. The van der Waals surface area contributed by atoms with Crippen molar-refractivity contribution < 1.29 is 4.57 Å². The molecule has 0 saturated carbocycles. The van der Waals surface area contributed by atoms with Crippen molar-refractivity contribution in [2.75, 3.05) is 0 Å². The van der Waals surface area contributed by atoms with Crippen molar-refractivity contribution in [1.29, 1.82) is 0 Å². The van der Waals surface area contributed by atoms with Crippen LogP contribution in [0.4, 0.5) is 0 Å². The van der Waals surface area contributed by atoms with Gasteiger partial charge < -0.3 is 0 Å². The number of fused-ring (bicyclic) bond motifs is 4. The molecule has 0 saturated heterocycles. The van der Waals surface area contributed by atoms with Gasteiger partial charge in [0.15, 0.2) is 28.5 Å². The first kappa shape index (κ1) is 37.1. The molecule has 0 fully saturated rings. The highest BCUT2D eigenvalue weighted by Crippen LogP contribution is 2.37. The van der Waals surface area contributed by atoms with E-state index in [1.165, 1.54) is 22.1 Å². The van der Waals surface area contributed by atoms with Crippen LogP contribution in [0.15, 0.2) is 122 Å². The van der Waals surface area contributed by atoms with Gasteiger partial charge in [0, 0.05) is 33.7 Å². The van der Waals surface area contributed by atoms with Gasteiger partial charge in [-0.2, -0.15) is 4.57 Å². The summed E-state index contributed by atoms with van der Waals surface area (Å²) in [6, 6.07) is 39.2. The first-order valence-electron chi connectivity index (χ1n) is 20.1. The second kappa shape index (κ2) is 13.6. The highest BCUT2D eigenvalue weighted by molar-refractivity contribution is 6.10. The Morgan fingerprint density at radius 3 is 1.91 bits per heavy atom. The van der Waals surface area contributed by atoms with Crippen LogP contribution in [0, 0.1) is 20.8 Å². The number of pyridine rings is 1. The zero-order chi connectivity index (χ0) is 40.7. The largest absolute Gasteiger partial charge is 0.294 e. The predicted octanol–water partition coefficient (Wildman–Crippen LogP) is 11.7. The highest BCUT2D eigenvalue weighted by Gasteiger charge is 2.24. The molecule has 4 heterocycles. The average molecular weight is 761 g/mol. The third-order valence-electron chi connectivity index (χ3n) is 11.4. The lowest BCUT2D eigenvalue weighted by Crippen LogP contribution is -2.25. The Labute approximate surface area is 340 Å². The molecule has 9 aromatic rings. The quantitative estimate of drug-likeness (QED) is 0.164. The SMILES string of the molecule is Cc1cc(C)c(-c2nc(-c3cc(-n4c[n+](C)c5ccccc54)cc(C(C)(C)C)c3)nc(-c3ccc4c5ccccc5n(-c5cc(C(C)(C)C)ccn5)c4c3)n2)c(C)c1. The van der Waals surface area contributed by atoms with E-state index in [9.17, 15) is 0 Å². The predicted molar refractivity (Wildman–Crippen MR) is 238 cm³/mol.